The number of nitrogens with one attached hydrogen (secondary N) is 2. The summed E-state index contributed by atoms with van der Waals surface area (Å²) in [6.07, 6.45) is 1.60. The van der Waals surface area contributed by atoms with Crippen molar-refractivity contribution in [1.29, 1.82) is 0 Å². The summed E-state index contributed by atoms with van der Waals surface area (Å²) in [5, 5.41) is 5.60. The Morgan fingerprint density at radius 3 is 2.31 bits per heavy atom. The zero-order chi connectivity index (χ0) is 10.3. The van der Waals surface area contributed by atoms with E-state index in [2.05, 4.69) is 15.6 Å². The number of nitrogens with zero attached hydrogens (tertiary/aromatic N) is 1. The quantitative estimate of drug-likeness (QED) is 0.614. The van der Waals surface area contributed by atoms with Gasteiger partial charge in [0.25, 0.3) is 5.91 Å². The molecule has 0 aromatic carbocycles. The number of carbonyl (C=O) groups is 1. The number of aliphatic imine (C=N–C) groups is 1. The van der Waals surface area contributed by atoms with Crippen LogP contribution in [0.4, 0.5) is 0 Å². The van der Waals surface area contributed by atoms with Gasteiger partial charge in [-0.25, -0.2) is 0 Å². The molecule has 0 saturated heterocycles. The normalized spacial score (nSPS) is 14.0. The fourth-order valence-corrected chi connectivity index (χ4v) is 1.00. The van der Waals surface area contributed by atoms with Gasteiger partial charge in [0.1, 0.15) is 5.71 Å². The molecule has 4 heteroatoms. The summed E-state index contributed by atoms with van der Waals surface area (Å²) in [4.78, 5) is 15.5. The van der Waals surface area contributed by atoms with E-state index in [4.69, 9.17) is 0 Å². The third kappa shape index (κ3) is 4.03. The first-order valence-electron chi connectivity index (χ1n) is 4.65. The predicted molar refractivity (Wildman–Crippen MR) is 54.9 cm³/mol. The molecule has 0 saturated carbocycles. The molecule has 1 amide bonds. The van der Waals surface area contributed by atoms with Gasteiger partial charge >= 0.3 is 0 Å². The summed E-state index contributed by atoms with van der Waals surface area (Å²) in [6, 6.07) is 0. The Morgan fingerprint density at radius 1 is 1.38 bits per heavy atom. The monoisotopic (exact) mass is 185 g/mol. The summed E-state index contributed by atoms with van der Waals surface area (Å²) in [7, 11) is 3.46. The van der Waals surface area contributed by atoms with Crippen LogP contribution in [0.15, 0.2) is 4.99 Å². The Kier molecular flexibility index (Phi) is 6.14. The van der Waals surface area contributed by atoms with Crippen molar-refractivity contribution in [1.82, 2.24) is 10.6 Å². The lowest BCUT2D eigenvalue weighted by Crippen LogP contribution is -2.31. The summed E-state index contributed by atoms with van der Waals surface area (Å²) < 4.78 is 0. The van der Waals surface area contributed by atoms with Crippen LogP contribution in [0.25, 0.3) is 0 Å². The highest BCUT2D eigenvalue weighted by Gasteiger charge is 2.08. The van der Waals surface area contributed by atoms with Gasteiger partial charge in [0.15, 0.2) is 0 Å². The third-order valence-electron chi connectivity index (χ3n) is 1.86. The van der Waals surface area contributed by atoms with E-state index in [0.717, 1.165) is 6.42 Å². The Morgan fingerprint density at radius 2 is 2.00 bits per heavy atom. The van der Waals surface area contributed by atoms with Gasteiger partial charge in [-0.3, -0.25) is 15.1 Å². The molecule has 76 valence electrons. The van der Waals surface area contributed by atoms with Crippen LogP contribution in [0.3, 0.4) is 0 Å². The van der Waals surface area contributed by atoms with E-state index >= 15 is 0 Å². The second-order valence-corrected chi connectivity index (χ2v) is 2.72. The van der Waals surface area contributed by atoms with Crippen LogP contribution in [0.5, 0.6) is 0 Å². The Bertz CT molecular complexity index is 185. The lowest BCUT2D eigenvalue weighted by molar-refractivity contribution is -0.114. The summed E-state index contributed by atoms with van der Waals surface area (Å²) in [6.45, 7) is 3.96. The molecular formula is C9H19N3O. The van der Waals surface area contributed by atoms with E-state index < -0.39 is 0 Å². The molecule has 0 spiro atoms. The number of rotatable bonds is 5. The van der Waals surface area contributed by atoms with Crippen molar-refractivity contribution >= 4 is 11.6 Å². The lowest BCUT2D eigenvalue weighted by atomic mass is 10.2. The van der Waals surface area contributed by atoms with Crippen LogP contribution in [-0.4, -0.2) is 31.9 Å². The highest BCUT2D eigenvalue weighted by Crippen LogP contribution is 1.95. The molecule has 1 unspecified atom stereocenters. The van der Waals surface area contributed by atoms with Crippen LogP contribution >= 0.6 is 0 Å². The van der Waals surface area contributed by atoms with Gasteiger partial charge in [0, 0.05) is 7.05 Å². The molecule has 1 atom stereocenters. The Balaban J connectivity index is 4.43. The number of amides is 1. The maximum atomic E-state index is 11.2. The van der Waals surface area contributed by atoms with Crippen molar-refractivity contribution in [2.24, 2.45) is 4.99 Å². The van der Waals surface area contributed by atoms with Crippen LogP contribution < -0.4 is 10.6 Å². The van der Waals surface area contributed by atoms with Crippen molar-refractivity contribution in [3.05, 3.63) is 0 Å². The minimum atomic E-state index is -0.0869. The highest BCUT2D eigenvalue weighted by molar-refractivity contribution is 6.38. The minimum absolute atomic E-state index is 0.0484. The van der Waals surface area contributed by atoms with Gasteiger partial charge in [-0.05, 0) is 19.9 Å². The Hall–Kier alpha value is -0.900. The van der Waals surface area contributed by atoms with E-state index in [1.165, 1.54) is 0 Å². The van der Waals surface area contributed by atoms with Crippen LogP contribution in [-0.2, 0) is 4.79 Å². The topological polar surface area (TPSA) is 53.5 Å². The largest absolute Gasteiger partial charge is 0.354 e. The minimum Gasteiger partial charge on any atom is -0.354 e. The third-order valence-corrected chi connectivity index (χ3v) is 1.86. The molecule has 0 fully saturated rings. The first kappa shape index (κ1) is 12.1. The molecule has 0 aliphatic rings. The molecule has 0 radical (unpaired) electrons. The second-order valence-electron chi connectivity index (χ2n) is 2.72. The average molecular weight is 185 g/mol. The van der Waals surface area contributed by atoms with E-state index in [0.29, 0.717) is 12.1 Å². The molecule has 2 N–H and O–H groups in total. The number of hydrogen-bond acceptors (Lipinski definition) is 3. The fraction of sp³-hybridized carbons (Fsp3) is 0.778. The molecule has 0 heterocycles. The smallest absolute Gasteiger partial charge is 0.265 e. The maximum absolute atomic E-state index is 11.2. The predicted octanol–water partition coefficient (Wildman–Crippen LogP) is 0.539. The number of carbonyl (C=O) groups excluding carboxylic acids is 1. The molecule has 13 heavy (non-hydrogen) atoms. The first-order chi connectivity index (χ1) is 6.19. The van der Waals surface area contributed by atoms with Gasteiger partial charge in [0.2, 0.25) is 0 Å². The van der Waals surface area contributed by atoms with Crippen molar-refractivity contribution in [2.75, 3.05) is 14.1 Å². The van der Waals surface area contributed by atoms with Crippen LogP contribution in [0.2, 0.25) is 0 Å². The van der Waals surface area contributed by atoms with Crippen LogP contribution in [0, 0.1) is 0 Å². The molecule has 0 aliphatic carbocycles. The van der Waals surface area contributed by atoms with Gasteiger partial charge in [-0.15, -0.1) is 0 Å². The SMILES string of the molecule is CC/C(=N\C(CC)NC)C(=O)NC. The molecule has 0 aromatic heterocycles. The van der Waals surface area contributed by atoms with Gasteiger partial charge in [0.05, 0.1) is 6.17 Å². The van der Waals surface area contributed by atoms with Gasteiger partial charge in [-0.1, -0.05) is 13.8 Å². The van der Waals surface area contributed by atoms with Crippen molar-refractivity contribution < 1.29 is 4.79 Å². The Labute approximate surface area is 79.8 Å². The molecule has 0 aromatic rings. The number of hydrogen-bond donors (Lipinski definition) is 2. The molecule has 0 bridgehead atoms. The zero-order valence-corrected chi connectivity index (χ0v) is 8.85. The van der Waals surface area contributed by atoms with E-state index in [1.54, 1.807) is 7.05 Å². The molecule has 4 nitrogen and oxygen atoms in total. The second kappa shape index (κ2) is 6.60. The fourth-order valence-electron chi connectivity index (χ4n) is 1.00. The van der Waals surface area contributed by atoms with Gasteiger partial charge in [-0.2, -0.15) is 0 Å². The summed E-state index contributed by atoms with van der Waals surface area (Å²) in [5.41, 5.74) is 0.601. The van der Waals surface area contributed by atoms with Gasteiger partial charge < -0.3 is 5.32 Å². The standard InChI is InChI=1S/C9H19N3O/c1-5-7(9(13)11-4)12-8(6-2)10-3/h8,10H,5-6H2,1-4H3,(H,11,13)/b12-7+. The van der Waals surface area contributed by atoms with Crippen molar-refractivity contribution in [3.8, 4) is 0 Å². The van der Waals surface area contributed by atoms with E-state index in [9.17, 15) is 4.79 Å². The van der Waals surface area contributed by atoms with Crippen molar-refractivity contribution in [3.63, 3.8) is 0 Å². The van der Waals surface area contributed by atoms with Crippen molar-refractivity contribution in [2.45, 2.75) is 32.9 Å². The molecular weight excluding hydrogens is 166 g/mol. The lowest BCUT2D eigenvalue weighted by Gasteiger charge is -2.10. The summed E-state index contributed by atoms with van der Waals surface area (Å²) >= 11 is 0. The summed E-state index contributed by atoms with van der Waals surface area (Å²) in [5.74, 6) is -0.0869. The zero-order valence-electron chi connectivity index (χ0n) is 8.85. The van der Waals surface area contributed by atoms with E-state index in [1.807, 2.05) is 20.9 Å². The average Bonchev–Trinajstić information content (AvgIpc) is 2.19. The highest BCUT2D eigenvalue weighted by atomic mass is 16.1. The maximum Gasteiger partial charge on any atom is 0.265 e. The molecule has 0 aliphatic heterocycles. The first-order valence-corrected chi connectivity index (χ1v) is 4.65. The van der Waals surface area contributed by atoms with Crippen LogP contribution in [0.1, 0.15) is 26.7 Å². The molecule has 0 rings (SSSR count). The van der Waals surface area contributed by atoms with E-state index in [-0.39, 0.29) is 12.1 Å².